The number of pyridine rings is 1. The summed E-state index contributed by atoms with van der Waals surface area (Å²) in [7, 11) is 0. The molecule has 4 nitrogen and oxygen atoms in total. The lowest BCUT2D eigenvalue weighted by Gasteiger charge is -1.98. The first-order chi connectivity index (χ1) is 9.20. The van der Waals surface area contributed by atoms with E-state index in [1.807, 2.05) is 18.3 Å². The fraction of sp³-hybridized carbons (Fsp3) is 0.167. The van der Waals surface area contributed by atoms with E-state index in [0.29, 0.717) is 5.95 Å². The van der Waals surface area contributed by atoms with Crippen molar-refractivity contribution >= 4 is 54.8 Å². The van der Waals surface area contributed by atoms with Crippen molar-refractivity contribution in [2.75, 3.05) is 11.9 Å². The number of aromatic nitrogens is 3. The number of nitrogens with zero attached hydrogens (tertiary/aromatic N) is 3. The molecule has 0 atom stereocenters. The molecule has 0 aromatic carbocycles. The van der Waals surface area contributed by atoms with E-state index in [1.54, 1.807) is 15.9 Å². The monoisotopic (exact) mass is 400 g/mol. The van der Waals surface area contributed by atoms with Gasteiger partial charge in [-0.15, -0.1) is 16.4 Å². The minimum atomic E-state index is 0.661. The number of hydrogen-bond acceptors (Lipinski definition) is 4. The van der Waals surface area contributed by atoms with Crippen molar-refractivity contribution in [3.63, 3.8) is 0 Å². The zero-order valence-electron chi connectivity index (χ0n) is 9.81. The van der Waals surface area contributed by atoms with Gasteiger partial charge >= 0.3 is 0 Å². The van der Waals surface area contributed by atoms with E-state index >= 15 is 0 Å². The van der Waals surface area contributed by atoms with Crippen LogP contribution in [-0.2, 0) is 6.42 Å². The van der Waals surface area contributed by atoms with Crippen molar-refractivity contribution in [3.05, 3.63) is 43.6 Å². The van der Waals surface area contributed by atoms with E-state index in [-0.39, 0.29) is 0 Å². The molecule has 3 aromatic heterocycles. The van der Waals surface area contributed by atoms with Crippen LogP contribution < -0.4 is 5.32 Å². The Bertz CT molecular complexity index is 707. The van der Waals surface area contributed by atoms with Gasteiger partial charge in [0.1, 0.15) is 0 Å². The van der Waals surface area contributed by atoms with Crippen LogP contribution in [0.15, 0.2) is 38.7 Å². The molecule has 0 unspecified atom stereocenters. The smallest absolute Gasteiger partial charge is 0.243 e. The van der Waals surface area contributed by atoms with Crippen molar-refractivity contribution in [1.29, 1.82) is 0 Å². The molecule has 19 heavy (non-hydrogen) atoms. The molecule has 3 aromatic rings. The minimum Gasteiger partial charge on any atom is -0.353 e. The Morgan fingerprint density at radius 3 is 2.89 bits per heavy atom. The normalized spacial score (nSPS) is 11.1. The molecule has 0 aliphatic carbocycles. The van der Waals surface area contributed by atoms with Crippen molar-refractivity contribution in [2.24, 2.45) is 0 Å². The number of hydrogen-bond donors (Lipinski definition) is 1. The van der Waals surface area contributed by atoms with Crippen LogP contribution in [-0.4, -0.2) is 21.1 Å². The molecule has 3 rings (SSSR count). The van der Waals surface area contributed by atoms with Crippen LogP contribution in [0.3, 0.4) is 0 Å². The Morgan fingerprint density at radius 2 is 2.11 bits per heavy atom. The van der Waals surface area contributed by atoms with Gasteiger partial charge < -0.3 is 5.32 Å². The maximum atomic E-state index is 4.40. The van der Waals surface area contributed by atoms with Crippen LogP contribution in [0.2, 0.25) is 0 Å². The molecule has 7 heteroatoms. The van der Waals surface area contributed by atoms with Crippen LogP contribution in [0, 0.1) is 0 Å². The molecule has 0 amide bonds. The summed E-state index contributed by atoms with van der Waals surface area (Å²) in [5.74, 6) is 0.661. The summed E-state index contributed by atoms with van der Waals surface area (Å²) in [5, 5.41) is 7.61. The van der Waals surface area contributed by atoms with Gasteiger partial charge in [0.2, 0.25) is 5.95 Å². The van der Waals surface area contributed by atoms with Gasteiger partial charge in [0.15, 0.2) is 5.65 Å². The lowest BCUT2D eigenvalue weighted by atomic mass is 10.3. The molecule has 0 spiro atoms. The summed E-state index contributed by atoms with van der Waals surface area (Å²) in [6, 6.07) is 8.08. The van der Waals surface area contributed by atoms with E-state index in [2.05, 4.69) is 59.4 Å². The lowest BCUT2D eigenvalue weighted by molar-refractivity contribution is 0.938. The Labute approximate surface area is 131 Å². The SMILES string of the molecule is Brc1ccc2nc(NCCc3ccc(Br)s3)nn2c1. The van der Waals surface area contributed by atoms with E-state index in [9.17, 15) is 0 Å². The molecule has 0 saturated carbocycles. The van der Waals surface area contributed by atoms with E-state index in [0.717, 1.165) is 23.1 Å². The highest BCUT2D eigenvalue weighted by atomic mass is 79.9. The van der Waals surface area contributed by atoms with Crippen molar-refractivity contribution in [3.8, 4) is 0 Å². The van der Waals surface area contributed by atoms with Gasteiger partial charge in [-0.1, -0.05) is 0 Å². The third-order valence-electron chi connectivity index (χ3n) is 2.58. The first-order valence-electron chi connectivity index (χ1n) is 5.71. The summed E-state index contributed by atoms with van der Waals surface area (Å²) in [6.45, 7) is 0.824. The number of thiophene rings is 1. The molecule has 0 aliphatic rings. The first kappa shape index (κ1) is 13.1. The molecule has 0 fully saturated rings. The fourth-order valence-corrected chi connectivity index (χ4v) is 3.53. The third-order valence-corrected chi connectivity index (χ3v) is 4.73. The van der Waals surface area contributed by atoms with E-state index in [4.69, 9.17) is 0 Å². The molecule has 0 bridgehead atoms. The molecule has 98 valence electrons. The van der Waals surface area contributed by atoms with Crippen LogP contribution in [0.5, 0.6) is 0 Å². The predicted octanol–water partition coefficient (Wildman–Crippen LogP) is 3.97. The van der Waals surface area contributed by atoms with Crippen LogP contribution in [0.1, 0.15) is 4.88 Å². The van der Waals surface area contributed by atoms with Gasteiger partial charge in [0, 0.05) is 22.1 Å². The van der Waals surface area contributed by atoms with Crippen molar-refractivity contribution < 1.29 is 0 Å². The molecule has 0 saturated heterocycles. The molecule has 3 heterocycles. The van der Waals surface area contributed by atoms with Crippen LogP contribution >= 0.6 is 43.2 Å². The van der Waals surface area contributed by atoms with Gasteiger partial charge in [-0.05, 0) is 62.5 Å². The number of fused-ring (bicyclic) bond motifs is 1. The maximum Gasteiger partial charge on any atom is 0.243 e. The Hall–Kier alpha value is -0.920. The second-order valence-electron chi connectivity index (χ2n) is 3.97. The summed E-state index contributed by atoms with van der Waals surface area (Å²) < 4.78 is 3.91. The Morgan fingerprint density at radius 1 is 1.21 bits per heavy atom. The number of rotatable bonds is 4. The second kappa shape index (κ2) is 5.60. The van der Waals surface area contributed by atoms with Crippen LogP contribution in [0.4, 0.5) is 5.95 Å². The maximum absolute atomic E-state index is 4.40. The third kappa shape index (κ3) is 3.16. The van der Waals surface area contributed by atoms with E-state index in [1.165, 1.54) is 8.66 Å². The lowest BCUT2D eigenvalue weighted by Crippen LogP contribution is -2.05. The highest BCUT2D eigenvalue weighted by molar-refractivity contribution is 9.11. The van der Waals surface area contributed by atoms with Gasteiger partial charge in [0.25, 0.3) is 0 Å². The topological polar surface area (TPSA) is 42.2 Å². The number of halogens is 2. The summed E-state index contributed by atoms with van der Waals surface area (Å²) in [4.78, 5) is 5.74. The standard InChI is InChI=1S/C12H10Br2N4S/c13-8-1-4-11-16-12(17-18(11)7-8)15-6-5-9-2-3-10(14)19-9/h1-4,7H,5-6H2,(H,15,17). The minimum absolute atomic E-state index is 0.661. The summed E-state index contributed by atoms with van der Waals surface area (Å²) in [5.41, 5.74) is 0.838. The second-order valence-corrected chi connectivity index (χ2v) is 7.43. The van der Waals surface area contributed by atoms with Gasteiger partial charge in [0.05, 0.1) is 3.79 Å². The zero-order valence-corrected chi connectivity index (χ0v) is 13.8. The van der Waals surface area contributed by atoms with Crippen molar-refractivity contribution in [1.82, 2.24) is 14.6 Å². The van der Waals surface area contributed by atoms with Gasteiger partial charge in [-0.3, -0.25) is 0 Å². The number of nitrogens with one attached hydrogen (secondary N) is 1. The largest absolute Gasteiger partial charge is 0.353 e. The quantitative estimate of drug-likeness (QED) is 0.719. The average molecular weight is 402 g/mol. The first-order valence-corrected chi connectivity index (χ1v) is 8.11. The zero-order chi connectivity index (χ0) is 13.2. The Balaban J connectivity index is 1.65. The van der Waals surface area contributed by atoms with Crippen molar-refractivity contribution in [2.45, 2.75) is 6.42 Å². The molecule has 1 N–H and O–H groups in total. The molecule has 0 radical (unpaired) electrons. The fourth-order valence-electron chi connectivity index (χ4n) is 1.72. The van der Waals surface area contributed by atoms with Gasteiger partial charge in [-0.2, -0.15) is 4.98 Å². The Kier molecular flexibility index (Phi) is 3.86. The summed E-state index contributed by atoms with van der Waals surface area (Å²) in [6.07, 6.45) is 2.86. The van der Waals surface area contributed by atoms with Crippen LogP contribution in [0.25, 0.3) is 5.65 Å². The van der Waals surface area contributed by atoms with Gasteiger partial charge in [-0.25, -0.2) is 4.52 Å². The highest BCUT2D eigenvalue weighted by Gasteiger charge is 2.03. The number of anilines is 1. The highest BCUT2D eigenvalue weighted by Crippen LogP contribution is 2.22. The summed E-state index contributed by atoms with van der Waals surface area (Å²) >= 11 is 8.63. The molecule has 0 aliphatic heterocycles. The molecular formula is C12H10Br2N4S. The van der Waals surface area contributed by atoms with E-state index < -0.39 is 0 Å². The average Bonchev–Trinajstić information content (AvgIpc) is 2.95. The predicted molar refractivity (Wildman–Crippen MR) is 84.9 cm³/mol. The molecular weight excluding hydrogens is 392 g/mol.